The number of hydrogen-bond donors (Lipinski definition) is 2. The molecular formula is C38H46F6N2O2. The van der Waals surface area contributed by atoms with Crippen LogP contribution in [0.3, 0.4) is 0 Å². The van der Waals surface area contributed by atoms with Crippen LogP contribution in [0.2, 0.25) is 0 Å². The molecule has 3 aromatic rings. The van der Waals surface area contributed by atoms with Crippen molar-refractivity contribution in [3.05, 3.63) is 88.5 Å². The van der Waals surface area contributed by atoms with Gasteiger partial charge in [-0.1, -0.05) is 91.0 Å². The number of hydrogen-bond acceptors (Lipinski definition) is 2. The van der Waals surface area contributed by atoms with Crippen molar-refractivity contribution in [2.75, 3.05) is 5.32 Å². The molecule has 0 saturated carbocycles. The lowest BCUT2D eigenvalue weighted by atomic mass is 9.78. The van der Waals surface area contributed by atoms with E-state index in [1.807, 2.05) is 34.6 Å². The van der Waals surface area contributed by atoms with E-state index >= 15 is 0 Å². The highest BCUT2D eigenvalue weighted by atomic mass is 19.4. The molecule has 4 nitrogen and oxygen atoms in total. The Balaban J connectivity index is 1.96. The van der Waals surface area contributed by atoms with Gasteiger partial charge in [0.1, 0.15) is 0 Å². The van der Waals surface area contributed by atoms with Crippen molar-refractivity contribution in [1.82, 2.24) is 5.32 Å². The van der Waals surface area contributed by atoms with Gasteiger partial charge < -0.3 is 10.6 Å². The predicted molar refractivity (Wildman–Crippen MR) is 179 cm³/mol. The molecule has 0 bridgehead atoms. The molecule has 0 radical (unpaired) electrons. The lowest BCUT2D eigenvalue weighted by Crippen LogP contribution is -2.45. The maximum Gasteiger partial charge on any atom is 0.417 e. The van der Waals surface area contributed by atoms with Gasteiger partial charge >= 0.3 is 12.4 Å². The van der Waals surface area contributed by atoms with E-state index in [9.17, 15) is 35.9 Å². The van der Waals surface area contributed by atoms with E-state index in [4.69, 9.17) is 0 Å². The average molecular weight is 677 g/mol. The Morgan fingerprint density at radius 1 is 0.646 bits per heavy atom. The van der Waals surface area contributed by atoms with Crippen molar-refractivity contribution in [3.63, 3.8) is 0 Å². The summed E-state index contributed by atoms with van der Waals surface area (Å²) in [5.41, 5.74) is -4.41. The molecule has 0 aliphatic heterocycles. The number of benzene rings is 3. The Labute approximate surface area is 279 Å². The molecule has 1 atom stereocenters. The number of anilines is 1. The van der Waals surface area contributed by atoms with Crippen molar-refractivity contribution in [2.45, 2.75) is 116 Å². The Bertz CT molecular complexity index is 1580. The summed E-state index contributed by atoms with van der Waals surface area (Å²) in [5.74, 6) is -1.17. The lowest BCUT2D eigenvalue weighted by molar-refractivity contribution is -0.139. The van der Waals surface area contributed by atoms with Gasteiger partial charge in [0.15, 0.2) is 0 Å². The van der Waals surface area contributed by atoms with E-state index in [0.717, 1.165) is 62.8 Å². The number of unbranched alkanes of at least 4 members (excludes halogenated alkanes) is 3. The summed E-state index contributed by atoms with van der Waals surface area (Å²) < 4.78 is 86.4. The molecule has 2 amide bonds. The molecular weight excluding hydrogens is 630 g/mol. The molecule has 0 saturated heterocycles. The van der Waals surface area contributed by atoms with Crippen LogP contribution in [0.1, 0.15) is 130 Å². The minimum atomic E-state index is -5.03. The van der Waals surface area contributed by atoms with Crippen LogP contribution in [0.5, 0.6) is 0 Å². The number of rotatable bonds is 14. The highest BCUT2D eigenvalue weighted by molar-refractivity contribution is 6.06. The summed E-state index contributed by atoms with van der Waals surface area (Å²) in [7, 11) is 0. The fraction of sp³-hybridized carbons (Fsp3) is 0.474. The highest BCUT2D eigenvalue weighted by Crippen LogP contribution is 2.45. The molecule has 1 unspecified atom stereocenters. The molecule has 0 heterocycles. The van der Waals surface area contributed by atoms with E-state index in [0.29, 0.717) is 24.5 Å². The maximum atomic E-state index is 14.4. The van der Waals surface area contributed by atoms with Crippen molar-refractivity contribution >= 4 is 17.5 Å². The molecule has 0 fully saturated rings. The van der Waals surface area contributed by atoms with Crippen LogP contribution in [0, 0.1) is 0 Å². The van der Waals surface area contributed by atoms with E-state index < -0.39 is 57.4 Å². The van der Waals surface area contributed by atoms with Crippen molar-refractivity contribution in [3.8, 4) is 11.1 Å². The van der Waals surface area contributed by atoms with Gasteiger partial charge in [-0.2, -0.15) is 26.3 Å². The van der Waals surface area contributed by atoms with Crippen LogP contribution >= 0.6 is 0 Å². The van der Waals surface area contributed by atoms with Gasteiger partial charge in [-0.3, -0.25) is 9.59 Å². The Morgan fingerprint density at radius 3 is 1.79 bits per heavy atom. The molecule has 48 heavy (non-hydrogen) atoms. The zero-order valence-electron chi connectivity index (χ0n) is 28.5. The number of amides is 2. The number of nitrogens with one attached hydrogen (secondary N) is 2. The normalized spacial score (nSPS) is 13.6. The first-order valence-corrected chi connectivity index (χ1v) is 16.5. The first kappa shape index (κ1) is 38.6. The second kappa shape index (κ2) is 15.6. The van der Waals surface area contributed by atoms with Crippen LogP contribution < -0.4 is 10.6 Å². The average Bonchev–Trinajstić information content (AvgIpc) is 3.02. The summed E-state index contributed by atoms with van der Waals surface area (Å²) in [6.45, 7) is 11.6. The zero-order chi connectivity index (χ0) is 35.9. The van der Waals surface area contributed by atoms with Gasteiger partial charge in [0.05, 0.1) is 11.1 Å². The predicted octanol–water partition coefficient (Wildman–Crippen LogP) is 11.6. The summed E-state index contributed by atoms with van der Waals surface area (Å²) in [4.78, 5) is 26.1. The van der Waals surface area contributed by atoms with Crippen LogP contribution in [-0.4, -0.2) is 17.4 Å². The summed E-state index contributed by atoms with van der Waals surface area (Å²) >= 11 is 0. The smallest absolute Gasteiger partial charge is 0.347 e. The van der Waals surface area contributed by atoms with Crippen molar-refractivity contribution < 1.29 is 35.9 Å². The quantitative estimate of drug-likeness (QED) is 0.132. The second-order valence-corrected chi connectivity index (χ2v) is 13.4. The maximum absolute atomic E-state index is 14.4. The van der Waals surface area contributed by atoms with Gasteiger partial charge in [-0.25, -0.2) is 0 Å². The second-order valence-electron chi connectivity index (χ2n) is 13.4. The zero-order valence-corrected chi connectivity index (χ0v) is 28.5. The standard InChI is InChI=1S/C38H46F6N2O2/c1-7-10-11-12-21-35(4,5)27-16-18-29(31(23-27)37(39,40)41)30-19-17-28(24-32(30)38(42,43)44)45-33(47)25-14-13-15-26(22-25)34(48)46-36(6,9-3)20-8-2/h13-19,22-24H,7-12,20-21H2,1-6H3,(H,45,47)(H,46,48). The Kier molecular flexibility index (Phi) is 12.6. The van der Waals surface area contributed by atoms with Crippen LogP contribution in [0.4, 0.5) is 32.0 Å². The molecule has 0 aromatic heterocycles. The summed E-state index contributed by atoms with van der Waals surface area (Å²) in [6, 6.07) is 12.0. The number of alkyl halides is 6. The summed E-state index contributed by atoms with van der Waals surface area (Å²) in [5, 5.41) is 5.39. The number of carbonyl (C=O) groups excluding carboxylic acids is 2. The fourth-order valence-corrected chi connectivity index (χ4v) is 5.89. The van der Waals surface area contributed by atoms with Gasteiger partial charge in [0.2, 0.25) is 0 Å². The van der Waals surface area contributed by atoms with Gasteiger partial charge in [0, 0.05) is 22.4 Å². The molecule has 10 heteroatoms. The minimum Gasteiger partial charge on any atom is -0.347 e. The Morgan fingerprint density at radius 2 is 1.23 bits per heavy atom. The third-order valence-corrected chi connectivity index (χ3v) is 9.02. The molecule has 0 aliphatic carbocycles. The van der Waals surface area contributed by atoms with E-state index in [-0.39, 0.29) is 16.8 Å². The van der Waals surface area contributed by atoms with Crippen LogP contribution in [0.15, 0.2) is 60.7 Å². The fourth-order valence-electron chi connectivity index (χ4n) is 5.89. The summed E-state index contributed by atoms with van der Waals surface area (Å²) in [6.07, 6.45) is -3.22. The third kappa shape index (κ3) is 9.86. The first-order chi connectivity index (χ1) is 22.3. The SMILES string of the molecule is CCCCCCC(C)(C)c1ccc(-c2ccc(NC(=O)c3cccc(C(=O)NC(C)(CC)CCC)c3)cc2C(F)(F)F)c(C(F)(F)F)c1. The molecule has 2 N–H and O–H groups in total. The molecule has 3 rings (SSSR count). The lowest BCUT2D eigenvalue weighted by Gasteiger charge is -2.29. The highest BCUT2D eigenvalue weighted by Gasteiger charge is 2.39. The van der Waals surface area contributed by atoms with Gasteiger partial charge in [-0.05, 0) is 84.7 Å². The van der Waals surface area contributed by atoms with Crippen LogP contribution in [-0.2, 0) is 17.8 Å². The molecule has 0 aliphatic rings. The van der Waals surface area contributed by atoms with Gasteiger partial charge in [0.25, 0.3) is 11.8 Å². The topological polar surface area (TPSA) is 58.2 Å². The van der Waals surface area contributed by atoms with E-state index in [2.05, 4.69) is 17.6 Å². The first-order valence-electron chi connectivity index (χ1n) is 16.5. The third-order valence-electron chi connectivity index (χ3n) is 9.02. The Hall–Kier alpha value is -3.82. The molecule has 3 aromatic carbocycles. The largest absolute Gasteiger partial charge is 0.417 e. The van der Waals surface area contributed by atoms with E-state index in [1.54, 1.807) is 0 Å². The van der Waals surface area contributed by atoms with Crippen molar-refractivity contribution in [1.29, 1.82) is 0 Å². The van der Waals surface area contributed by atoms with Crippen LogP contribution in [0.25, 0.3) is 11.1 Å². The van der Waals surface area contributed by atoms with E-state index in [1.165, 1.54) is 30.3 Å². The van der Waals surface area contributed by atoms with Gasteiger partial charge in [-0.15, -0.1) is 0 Å². The minimum absolute atomic E-state index is 0.0289. The monoisotopic (exact) mass is 676 g/mol. The number of halogens is 6. The molecule has 262 valence electrons. The number of carbonyl (C=O) groups is 2. The molecule has 0 spiro atoms. The van der Waals surface area contributed by atoms with Crippen molar-refractivity contribution in [2.24, 2.45) is 0 Å².